The Morgan fingerprint density at radius 2 is 1.76 bits per heavy atom. The lowest BCUT2D eigenvalue weighted by Gasteiger charge is -2.55. The van der Waals surface area contributed by atoms with E-state index in [9.17, 15) is 23.1 Å². The van der Waals surface area contributed by atoms with Crippen LogP contribution in [-0.2, 0) is 4.79 Å². The summed E-state index contributed by atoms with van der Waals surface area (Å²) in [7, 11) is 3.92. The summed E-state index contributed by atoms with van der Waals surface area (Å²) in [5, 5.41) is 11.1. The lowest BCUT2D eigenvalue weighted by Crippen LogP contribution is -2.58. The summed E-state index contributed by atoms with van der Waals surface area (Å²) < 4.78 is 42.8. The average Bonchev–Trinajstić information content (AvgIpc) is 3.04. The number of nitrogens with zero attached hydrogens (tertiary/aromatic N) is 1. The van der Waals surface area contributed by atoms with Crippen LogP contribution >= 0.6 is 0 Å². The van der Waals surface area contributed by atoms with Crippen molar-refractivity contribution in [1.29, 1.82) is 0 Å². The number of carbonyl (C=O) groups excluding carboxylic acids is 1. The molecule has 0 aromatic heterocycles. The molecule has 0 heterocycles. The van der Waals surface area contributed by atoms with Gasteiger partial charge in [0.2, 0.25) is 0 Å². The van der Waals surface area contributed by atoms with Crippen molar-refractivity contribution in [3.05, 3.63) is 52.6 Å². The highest BCUT2D eigenvalue weighted by Gasteiger charge is 2.72. The van der Waals surface area contributed by atoms with Gasteiger partial charge in [0.25, 0.3) is 0 Å². The minimum absolute atomic E-state index is 0.0130. The van der Waals surface area contributed by atoms with Crippen molar-refractivity contribution in [1.82, 2.24) is 0 Å². The van der Waals surface area contributed by atoms with Crippen LogP contribution in [0.25, 0.3) is 0 Å². The Hall–Kier alpha value is -2.08. The molecule has 1 aromatic rings. The van der Waals surface area contributed by atoms with Crippen molar-refractivity contribution in [2.75, 3.05) is 19.0 Å². The van der Waals surface area contributed by atoms with Crippen LogP contribution in [0.1, 0.15) is 63.4 Å². The molecule has 0 amide bonds. The number of allylic oxidation sites excluding steroid dienone is 4. The Bertz CT molecular complexity index is 1040. The Labute approximate surface area is 193 Å². The Morgan fingerprint density at radius 3 is 2.39 bits per heavy atom. The van der Waals surface area contributed by atoms with E-state index in [0.717, 1.165) is 29.7 Å². The number of aliphatic hydroxyl groups is 1. The molecule has 4 aliphatic rings. The van der Waals surface area contributed by atoms with Crippen LogP contribution in [0, 0.1) is 17.3 Å². The number of alkyl halides is 3. The molecule has 1 aromatic carbocycles. The number of benzene rings is 1. The van der Waals surface area contributed by atoms with Crippen molar-refractivity contribution in [2.24, 2.45) is 17.3 Å². The normalized spacial score (nSPS) is 36.2. The predicted octanol–water partition coefficient (Wildman–Crippen LogP) is 5.95. The van der Waals surface area contributed by atoms with Crippen molar-refractivity contribution in [2.45, 2.75) is 69.6 Å². The molecule has 5 rings (SSSR count). The van der Waals surface area contributed by atoms with Crippen molar-refractivity contribution < 1.29 is 23.1 Å². The zero-order chi connectivity index (χ0) is 23.8. The highest BCUT2D eigenvalue weighted by Crippen LogP contribution is 2.69. The third-order valence-electron chi connectivity index (χ3n) is 9.17. The minimum atomic E-state index is -4.66. The molecule has 2 saturated carbocycles. The number of rotatable bonds is 2. The second-order valence-electron chi connectivity index (χ2n) is 10.9. The minimum Gasteiger partial charge on any atom is -0.380 e. The fourth-order valence-corrected chi connectivity index (χ4v) is 7.43. The van der Waals surface area contributed by atoms with E-state index in [0.29, 0.717) is 19.3 Å². The summed E-state index contributed by atoms with van der Waals surface area (Å²) in [4.78, 5) is 14.1. The van der Waals surface area contributed by atoms with Gasteiger partial charge in [-0.05, 0) is 85.3 Å². The van der Waals surface area contributed by atoms with E-state index in [4.69, 9.17) is 0 Å². The van der Waals surface area contributed by atoms with E-state index < -0.39 is 17.2 Å². The van der Waals surface area contributed by atoms with Gasteiger partial charge in [-0.25, -0.2) is 0 Å². The van der Waals surface area contributed by atoms with Gasteiger partial charge >= 0.3 is 6.18 Å². The van der Waals surface area contributed by atoms with Gasteiger partial charge < -0.3 is 10.0 Å². The molecule has 4 aliphatic carbocycles. The fraction of sp³-hybridized carbons (Fsp3) is 0.593. The van der Waals surface area contributed by atoms with Crippen LogP contribution in [0.5, 0.6) is 0 Å². The second-order valence-corrected chi connectivity index (χ2v) is 10.9. The standard InChI is InChI=1S/C27H32F3NO2/c1-25-15-22(16-4-7-18(8-5-16)31(2)3)24-20-11-9-19(32)14-17(20)6-10-21(24)23(25)12-13-26(25,33)27(28,29)30/h4-5,7-8,14,21-23,33H,6,9-13,15H2,1-3H3/t21?,22-,23?,25+,26+/m1/s1. The first-order valence-electron chi connectivity index (χ1n) is 12.0. The van der Waals surface area contributed by atoms with Gasteiger partial charge in [-0.2, -0.15) is 13.2 Å². The monoisotopic (exact) mass is 459 g/mol. The summed E-state index contributed by atoms with van der Waals surface area (Å²) in [5.41, 5.74) is 1.66. The molecule has 6 heteroatoms. The molecule has 0 spiro atoms. The molecule has 0 saturated heterocycles. The van der Waals surface area contributed by atoms with Crippen molar-refractivity contribution in [3.8, 4) is 0 Å². The van der Waals surface area contributed by atoms with Crippen LogP contribution < -0.4 is 4.90 Å². The van der Waals surface area contributed by atoms with E-state index in [-0.39, 0.29) is 36.4 Å². The first-order valence-corrected chi connectivity index (χ1v) is 12.0. The molecule has 178 valence electrons. The number of fused-ring (bicyclic) bond motifs is 4. The smallest absolute Gasteiger partial charge is 0.380 e. The molecule has 2 unspecified atom stereocenters. The lowest BCUT2D eigenvalue weighted by molar-refractivity contribution is -0.299. The Balaban J connectivity index is 1.67. The maximum absolute atomic E-state index is 14.3. The van der Waals surface area contributed by atoms with Gasteiger partial charge in [-0.15, -0.1) is 0 Å². The van der Waals surface area contributed by atoms with E-state index >= 15 is 0 Å². The van der Waals surface area contributed by atoms with Crippen LogP contribution in [-0.4, -0.2) is 36.8 Å². The number of carbonyl (C=O) groups is 1. The number of halogens is 3. The molecular formula is C27H32F3NO2. The second kappa shape index (κ2) is 7.46. The third-order valence-corrected chi connectivity index (χ3v) is 9.17. The van der Waals surface area contributed by atoms with E-state index in [1.807, 2.05) is 43.3 Å². The van der Waals surface area contributed by atoms with Crippen LogP contribution in [0.2, 0.25) is 0 Å². The molecule has 3 nitrogen and oxygen atoms in total. The summed E-state index contributed by atoms with van der Waals surface area (Å²) in [6, 6.07) is 8.08. The summed E-state index contributed by atoms with van der Waals surface area (Å²) in [6.45, 7) is 1.68. The number of hydrogen-bond acceptors (Lipinski definition) is 3. The average molecular weight is 460 g/mol. The van der Waals surface area contributed by atoms with Gasteiger partial charge in [-0.1, -0.05) is 24.6 Å². The molecule has 2 fully saturated rings. The maximum Gasteiger partial charge on any atom is 0.417 e. The number of hydrogen-bond donors (Lipinski definition) is 1. The van der Waals surface area contributed by atoms with Gasteiger partial charge in [-0.3, -0.25) is 4.79 Å². The maximum atomic E-state index is 14.3. The molecule has 1 N–H and O–H groups in total. The molecule has 0 bridgehead atoms. The Morgan fingerprint density at radius 1 is 1.06 bits per heavy atom. The van der Waals surface area contributed by atoms with Crippen LogP contribution in [0.3, 0.4) is 0 Å². The molecule has 33 heavy (non-hydrogen) atoms. The number of anilines is 1. The largest absolute Gasteiger partial charge is 0.417 e. The molecule has 0 aliphatic heterocycles. The zero-order valence-electron chi connectivity index (χ0n) is 19.5. The van der Waals surface area contributed by atoms with Gasteiger partial charge in [0.05, 0.1) is 0 Å². The molecular weight excluding hydrogens is 427 g/mol. The molecule has 5 atom stereocenters. The van der Waals surface area contributed by atoms with Crippen molar-refractivity contribution in [3.63, 3.8) is 0 Å². The van der Waals surface area contributed by atoms with E-state index in [1.165, 1.54) is 11.1 Å². The van der Waals surface area contributed by atoms with Crippen molar-refractivity contribution >= 4 is 11.5 Å². The SMILES string of the molecule is CN(C)c1ccc([C@H]2C[C@@]3(C)C(CC[C@@]3(O)C(F)(F)F)C3CCC4=CC(=O)CCC4=C32)cc1. The van der Waals surface area contributed by atoms with E-state index in [1.54, 1.807) is 13.0 Å². The third kappa shape index (κ3) is 3.23. The highest BCUT2D eigenvalue weighted by molar-refractivity contribution is 5.93. The summed E-state index contributed by atoms with van der Waals surface area (Å²) in [5.74, 6) is -0.235. The fourth-order valence-electron chi connectivity index (χ4n) is 7.43. The van der Waals surface area contributed by atoms with Gasteiger partial charge in [0.1, 0.15) is 0 Å². The lowest BCUT2D eigenvalue weighted by atomic mass is 9.51. The zero-order valence-corrected chi connectivity index (χ0v) is 19.5. The van der Waals surface area contributed by atoms with Crippen LogP contribution in [0.4, 0.5) is 18.9 Å². The van der Waals surface area contributed by atoms with Gasteiger partial charge in [0, 0.05) is 37.5 Å². The van der Waals surface area contributed by atoms with Crippen LogP contribution in [0.15, 0.2) is 47.1 Å². The summed E-state index contributed by atoms with van der Waals surface area (Å²) in [6.07, 6.45) is 0.163. The van der Waals surface area contributed by atoms with Gasteiger partial charge in [0.15, 0.2) is 11.4 Å². The predicted molar refractivity (Wildman–Crippen MR) is 122 cm³/mol. The highest BCUT2D eigenvalue weighted by atomic mass is 19.4. The first-order chi connectivity index (χ1) is 15.5. The molecule has 0 radical (unpaired) electrons. The quantitative estimate of drug-likeness (QED) is 0.595. The first kappa shape index (κ1) is 22.7. The topological polar surface area (TPSA) is 40.5 Å². The number of ketones is 1. The Kier molecular flexibility index (Phi) is 5.13. The summed E-state index contributed by atoms with van der Waals surface area (Å²) >= 11 is 0. The van der Waals surface area contributed by atoms with E-state index in [2.05, 4.69) is 0 Å².